The maximum Gasteiger partial charge on any atom is 0.224 e. The third-order valence-electron chi connectivity index (χ3n) is 2.11. The monoisotopic (exact) mass is 272 g/mol. The molecular formula is C11H7Cl3N2. The molecule has 2 aromatic rings. The predicted octanol–water partition coefficient (Wildman–Crippen LogP) is 4.41. The van der Waals surface area contributed by atoms with Gasteiger partial charge in [0.2, 0.25) is 5.28 Å². The number of aromatic nitrogens is 2. The van der Waals surface area contributed by atoms with Crippen molar-refractivity contribution in [2.75, 3.05) is 0 Å². The maximum atomic E-state index is 6.02. The van der Waals surface area contributed by atoms with Crippen LogP contribution in [-0.4, -0.2) is 9.97 Å². The average molecular weight is 274 g/mol. The Bertz CT molecular complexity index is 523. The Morgan fingerprint density at radius 3 is 2.19 bits per heavy atom. The first kappa shape index (κ1) is 11.6. The Labute approximate surface area is 108 Å². The quantitative estimate of drug-likeness (QED) is 0.568. The molecule has 1 aromatic carbocycles. The summed E-state index contributed by atoms with van der Waals surface area (Å²) in [6.45, 7) is 2.01. The van der Waals surface area contributed by atoms with Crippen LogP contribution in [0, 0.1) is 6.92 Å². The molecule has 0 unspecified atom stereocenters. The molecule has 1 heterocycles. The number of hydrogen-bond acceptors (Lipinski definition) is 2. The van der Waals surface area contributed by atoms with Crippen molar-refractivity contribution in [2.45, 2.75) is 6.92 Å². The minimum absolute atomic E-state index is 0.0879. The molecule has 0 bridgehead atoms. The zero-order valence-electron chi connectivity index (χ0n) is 8.34. The van der Waals surface area contributed by atoms with Crippen LogP contribution in [0.3, 0.4) is 0 Å². The lowest BCUT2D eigenvalue weighted by Crippen LogP contribution is -1.91. The molecular weight excluding hydrogens is 266 g/mol. The topological polar surface area (TPSA) is 25.8 Å². The van der Waals surface area contributed by atoms with Gasteiger partial charge in [-0.25, -0.2) is 9.97 Å². The van der Waals surface area contributed by atoms with Gasteiger partial charge in [-0.15, -0.1) is 0 Å². The second kappa shape index (κ2) is 4.58. The molecule has 0 saturated heterocycles. The molecule has 0 fully saturated rings. The SMILES string of the molecule is Cc1ccc(-c2nc(Cl)nc(Cl)c2Cl)cc1. The van der Waals surface area contributed by atoms with Crippen molar-refractivity contribution in [1.29, 1.82) is 0 Å². The highest BCUT2D eigenvalue weighted by Crippen LogP contribution is 2.31. The van der Waals surface area contributed by atoms with Crippen molar-refractivity contribution in [2.24, 2.45) is 0 Å². The van der Waals surface area contributed by atoms with Crippen molar-refractivity contribution in [3.8, 4) is 11.3 Å². The average Bonchev–Trinajstić information content (AvgIpc) is 2.25. The minimum Gasteiger partial charge on any atom is -0.216 e. The van der Waals surface area contributed by atoms with Gasteiger partial charge in [0, 0.05) is 5.56 Å². The molecule has 0 amide bonds. The Hall–Kier alpha value is -0.830. The first-order chi connectivity index (χ1) is 7.58. The number of aryl methyl sites for hydroxylation is 1. The Morgan fingerprint density at radius 1 is 0.938 bits per heavy atom. The molecule has 0 N–H and O–H groups in total. The largest absolute Gasteiger partial charge is 0.224 e. The molecule has 0 radical (unpaired) electrons. The fourth-order valence-corrected chi connectivity index (χ4v) is 1.87. The van der Waals surface area contributed by atoms with Gasteiger partial charge in [-0.05, 0) is 18.5 Å². The standard InChI is InChI=1S/C11H7Cl3N2/c1-6-2-4-7(5-3-6)9-8(12)10(13)16-11(14)15-9/h2-5H,1H3. The van der Waals surface area contributed by atoms with Crippen molar-refractivity contribution in [1.82, 2.24) is 9.97 Å². The molecule has 82 valence electrons. The van der Waals surface area contributed by atoms with Crippen LogP contribution >= 0.6 is 34.8 Å². The maximum absolute atomic E-state index is 6.02. The van der Waals surface area contributed by atoms with Gasteiger partial charge in [-0.2, -0.15) is 0 Å². The van der Waals surface area contributed by atoms with E-state index in [9.17, 15) is 0 Å². The molecule has 1 aromatic heterocycles. The van der Waals surface area contributed by atoms with Crippen molar-refractivity contribution >= 4 is 34.8 Å². The number of halogens is 3. The highest BCUT2D eigenvalue weighted by atomic mass is 35.5. The van der Waals surface area contributed by atoms with E-state index in [1.807, 2.05) is 31.2 Å². The van der Waals surface area contributed by atoms with E-state index in [1.165, 1.54) is 0 Å². The van der Waals surface area contributed by atoms with Crippen LogP contribution in [0.4, 0.5) is 0 Å². The van der Waals surface area contributed by atoms with Crippen LogP contribution in [0.15, 0.2) is 24.3 Å². The second-order valence-electron chi connectivity index (χ2n) is 3.31. The fourth-order valence-electron chi connectivity index (χ4n) is 1.30. The third-order valence-corrected chi connectivity index (χ3v) is 3.01. The van der Waals surface area contributed by atoms with Gasteiger partial charge < -0.3 is 0 Å². The molecule has 2 nitrogen and oxygen atoms in total. The first-order valence-corrected chi connectivity index (χ1v) is 5.67. The van der Waals surface area contributed by atoms with Gasteiger partial charge in [0.05, 0.1) is 5.69 Å². The van der Waals surface area contributed by atoms with Crippen molar-refractivity contribution < 1.29 is 0 Å². The highest BCUT2D eigenvalue weighted by molar-refractivity contribution is 6.43. The normalized spacial score (nSPS) is 10.5. The van der Waals surface area contributed by atoms with E-state index in [4.69, 9.17) is 34.8 Å². The van der Waals surface area contributed by atoms with E-state index in [0.29, 0.717) is 10.7 Å². The Balaban J connectivity index is 2.59. The van der Waals surface area contributed by atoms with Crippen molar-refractivity contribution in [3.05, 3.63) is 45.3 Å². The number of benzene rings is 1. The van der Waals surface area contributed by atoms with Crippen LogP contribution in [0.2, 0.25) is 15.5 Å². The summed E-state index contributed by atoms with van der Waals surface area (Å²) in [5.41, 5.74) is 2.57. The summed E-state index contributed by atoms with van der Waals surface area (Å²) in [6.07, 6.45) is 0. The number of nitrogens with zero attached hydrogens (tertiary/aromatic N) is 2. The molecule has 0 saturated carbocycles. The van der Waals surface area contributed by atoms with Gasteiger partial charge in [-0.1, -0.05) is 53.0 Å². The summed E-state index contributed by atoms with van der Waals surface area (Å²) in [5, 5.41) is 0.567. The second-order valence-corrected chi connectivity index (χ2v) is 4.39. The number of hydrogen-bond donors (Lipinski definition) is 0. The van der Waals surface area contributed by atoms with Crippen molar-refractivity contribution in [3.63, 3.8) is 0 Å². The van der Waals surface area contributed by atoms with E-state index < -0.39 is 0 Å². The van der Waals surface area contributed by atoms with Gasteiger partial charge in [0.1, 0.15) is 5.02 Å². The minimum atomic E-state index is 0.0879. The summed E-state index contributed by atoms with van der Waals surface area (Å²) >= 11 is 17.6. The van der Waals surface area contributed by atoms with Crippen LogP contribution in [0.1, 0.15) is 5.56 Å². The van der Waals surface area contributed by atoms with Gasteiger partial charge >= 0.3 is 0 Å². The zero-order chi connectivity index (χ0) is 11.7. The Kier molecular flexibility index (Phi) is 3.33. The lowest BCUT2D eigenvalue weighted by Gasteiger charge is -2.05. The summed E-state index contributed by atoms with van der Waals surface area (Å²) in [5.74, 6) is 0. The van der Waals surface area contributed by atoms with Gasteiger partial charge in [0.25, 0.3) is 0 Å². The summed E-state index contributed by atoms with van der Waals surface area (Å²) in [7, 11) is 0. The molecule has 16 heavy (non-hydrogen) atoms. The number of rotatable bonds is 1. The molecule has 2 rings (SSSR count). The van der Waals surface area contributed by atoms with Crippen LogP contribution in [0.5, 0.6) is 0 Å². The molecule has 0 aliphatic heterocycles. The first-order valence-electron chi connectivity index (χ1n) is 4.53. The van der Waals surface area contributed by atoms with E-state index in [2.05, 4.69) is 9.97 Å². The lowest BCUT2D eigenvalue weighted by molar-refractivity contribution is 1.17. The predicted molar refractivity (Wildman–Crippen MR) is 67.2 cm³/mol. The zero-order valence-corrected chi connectivity index (χ0v) is 10.6. The molecule has 0 aliphatic rings. The summed E-state index contributed by atoms with van der Waals surface area (Å²) < 4.78 is 0. The van der Waals surface area contributed by atoms with E-state index in [1.54, 1.807) is 0 Å². The van der Waals surface area contributed by atoms with Gasteiger partial charge in [-0.3, -0.25) is 0 Å². The van der Waals surface area contributed by atoms with E-state index in [-0.39, 0.29) is 10.4 Å². The molecule has 5 heteroatoms. The van der Waals surface area contributed by atoms with Crippen LogP contribution in [0.25, 0.3) is 11.3 Å². The summed E-state index contributed by atoms with van der Waals surface area (Å²) in [4.78, 5) is 7.84. The summed E-state index contributed by atoms with van der Waals surface area (Å²) in [6, 6.07) is 7.76. The van der Waals surface area contributed by atoms with Gasteiger partial charge in [0.15, 0.2) is 5.15 Å². The highest BCUT2D eigenvalue weighted by Gasteiger charge is 2.11. The molecule has 0 atom stereocenters. The molecule has 0 spiro atoms. The third kappa shape index (κ3) is 2.29. The molecule has 0 aliphatic carbocycles. The van der Waals surface area contributed by atoms with Crippen LogP contribution in [-0.2, 0) is 0 Å². The lowest BCUT2D eigenvalue weighted by atomic mass is 10.1. The van der Waals surface area contributed by atoms with E-state index in [0.717, 1.165) is 11.1 Å². The fraction of sp³-hybridized carbons (Fsp3) is 0.0909. The Morgan fingerprint density at radius 2 is 1.56 bits per heavy atom. The van der Waals surface area contributed by atoms with E-state index >= 15 is 0 Å². The van der Waals surface area contributed by atoms with Crippen LogP contribution < -0.4 is 0 Å². The smallest absolute Gasteiger partial charge is 0.216 e.